The second-order valence-electron chi connectivity index (χ2n) is 5.62. The molecule has 2 rings (SSSR count). The Kier molecular flexibility index (Phi) is 4.22. The Labute approximate surface area is 99.5 Å². The maximum absolute atomic E-state index is 5.46. The van der Waals surface area contributed by atoms with Crippen LogP contribution in [0.2, 0.25) is 0 Å². The number of ether oxygens (including phenoxy) is 1. The smallest absolute Gasteiger partial charge is 0.0586 e. The van der Waals surface area contributed by atoms with Crippen LogP contribution in [0.4, 0.5) is 0 Å². The highest BCUT2D eigenvalue weighted by molar-refractivity contribution is 4.89. The molecule has 16 heavy (non-hydrogen) atoms. The summed E-state index contributed by atoms with van der Waals surface area (Å²) in [6.07, 6.45) is 4.32. The van der Waals surface area contributed by atoms with Gasteiger partial charge in [0.1, 0.15) is 0 Å². The molecule has 3 nitrogen and oxygen atoms in total. The molecule has 94 valence electrons. The number of hydrogen-bond donors (Lipinski definition) is 1. The fourth-order valence-electron chi connectivity index (χ4n) is 3.04. The molecule has 3 unspecified atom stereocenters. The first-order valence-electron chi connectivity index (χ1n) is 6.71. The molecule has 2 aliphatic rings. The van der Waals surface area contributed by atoms with E-state index in [0.29, 0.717) is 12.1 Å². The first-order chi connectivity index (χ1) is 7.70. The lowest BCUT2D eigenvalue weighted by Crippen LogP contribution is -2.55. The molecule has 2 fully saturated rings. The predicted octanol–water partition coefficient (Wildman–Crippen LogP) is 1.48. The molecule has 1 N–H and O–H groups in total. The zero-order valence-corrected chi connectivity index (χ0v) is 10.9. The first-order valence-corrected chi connectivity index (χ1v) is 6.71. The van der Waals surface area contributed by atoms with Crippen molar-refractivity contribution in [2.75, 3.05) is 26.7 Å². The Hall–Kier alpha value is -0.120. The molecule has 0 aromatic carbocycles. The average molecular weight is 226 g/mol. The van der Waals surface area contributed by atoms with E-state index in [9.17, 15) is 0 Å². The minimum atomic E-state index is 0.511. The third-order valence-corrected chi connectivity index (χ3v) is 4.25. The van der Waals surface area contributed by atoms with Crippen molar-refractivity contribution in [2.45, 2.75) is 51.3 Å². The standard InChI is InChI=1S/C13H26N2O/c1-10(2)13-9-15(7-6-14-13)11-4-5-12(8-11)16-3/h10-14H,4-9H2,1-3H3. The number of hydrogen-bond acceptors (Lipinski definition) is 3. The van der Waals surface area contributed by atoms with E-state index in [1.165, 1.54) is 32.4 Å². The van der Waals surface area contributed by atoms with Gasteiger partial charge in [0.25, 0.3) is 0 Å². The molecule has 1 aliphatic carbocycles. The molecule has 1 heterocycles. The summed E-state index contributed by atoms with van der Waals surface area (Å²) in [5, 5.41) is 3.62. The average Bonchev–Trinajstić information content (AvgIpc) is 2.77. The molecule has 0 bridgehead atoms. The minimum Gasteiger partial charge on any atom is -0.381 e. The molecule has 3 heteroatoms. The third kappa shape index (κ3) is 2.76. The zero-order valence-electron chi connectivity index (χ0n) is 10.9. The lowest BCUT2D eigenvalue weighted by atomic mass is 10.0. The van der Waals surface area contributed by atoms with E-state index in [0.717, 1.165) is 18.5 Å². The number of piperazine rings is 1. The monoisotopic (exact) mass is 226 g/mol. The topological polar surface area (TPSA) is 24.5 Å². The normalized spacial score (nSPS) is 37.1. The van der Waals surface area contributed by atoms with Gasteiger partial charge in [0.15, 0.2) is 0 Å². The van der Waals surface area contributed by atoms with Gasteiger partial charge in [-0.25, -0.2) is 0 Å². The van der Waals surface area contributed by atoms with Crippen LogP contribution in [0.3, 0.4) is 0 Å². The van der Waals surface area contributed by atoms with Gasteiger partial charge in [0.05, 0.1) is 6.10 Å². The maximum atomic E-state index is 5.46. The van der Waals surface area contributed by atoms with E-state index in [4.69, 9.17) is 4.74 Å². The Bertz CT molecular complexity index is 220. The van der Waals surface area contributed by atoms with Gasteiger partial charge in [-0.1, -0.05) is 13.8 Å². The molecular formula is C13H26N2O. The fourth-order valence-corrected chi connectivity index (χ4v) is 3.04. The van der Waals surface area contributed by atoms with Crippen molar-refractivity contribution in [3.05, 3.63) is 0 Å². The molecular weight excluding hydrogens is 200 g/mol. The Morgan fingerprint density at radius 1 is 1.31 bits per heavy atom. The summed E-state index contributed by atoms with van der Waals surface area (Å²) in [7, 11) is 1.85. The van der Waals surface area contributed by atoms with Gasteiger partial charge in [0, 0.05) is 38.8 Å². The molecule has 0 radical (unpaired) electrons. The highest BCUT2D eigenvalue weighted by Crippen LogP contribution is 2.27. The molecule has 3 atom stereocenters. The van der Waals surface area contributed by atoms with Crippen LogP contribution in [0.5, 0.6) is 0 Å². The van der Waals surface area contributed by atoms with Gasteiger partial charge in [-0.15, -0.1) is 0 Å². The van der Waals surface area contributed by atoms with Crippen molar-refractivity contribution in [3.63, 3.8) is 0 Å². The van der Waals surface area contributed by atoms with E-state index in [1.54, 1.807) is 0 Å². The number of rotatable bonds is 3. The molecule has 1 saturated heterocycles. The van der Waals surface area contributed by atoms with Gasteiger partial charge < -0.3 is 10.1 Å². The van der Waals surface area contributed by atoms with Crippen molar-refractivity contribution in [1.82, 2.24) is 10.2 Å². The summed E-state index contributed by atoms with van der Waals surface area (Å²) in [6, 6.07) is 1.45. The minimum absolute atomic E-state index is 0.511. The lowest BCUT2D eigenvalue weighted by molar-refractivity contribution is 0.0856. The summed E-state index contributed by atoms with van der Waals surface area (Å²) in [6.45, 7) is 8.21. The molecule has 1 saturated carbocycles. The van der Waals surface area contributed by atoms with Crippen molar-refractivity contribution in [3.8, 4) is 0 Å². The Balaban J connectivity index is 1.85. The zero-order chi connectivity index (χ0) is 11.5. The maximum Gasteiger partial charge on any atom is 0.0586 e. The summed E-state index contributed by atoms with van der Waals surface area (Å²) < 4.78 is 5.46. The molecule has 1 aliphatic heterocycles. The predicted molar refractivity (Wildman–Crippen MR) is 66.6 cm³/mol. The quantitative estimate of drug-likeness (QED) is 0.789. The Morgan fingerprint density at radius 3 is 2.75 bits per heavy atom. The fraction of sp³-hybridized carbons (Fsp3) is 1.00. The highest BCUT2D eigenvalue weighted by Gasteiger charge is 2.32. The van der Waals surface area contributed by atoms with Crippen LogP contribution in [0.15, 0.2) is 0 Å². The van der Waals surface area contributed by atoms with Crippen molar-refractivity contribution >= 4 is 0 Å². The molecule has 0 amide bonds. The number of methoxy groups -OCH3 is 1. The van der Waals surface area contributed by atoms with Gasteiger partial charge in [-0.05, 0) is 25.2 Å². The van der Waals surface area contributed by atoms with Crippen LogP contribution in [0.1, 0.15) is 33.1 Å². The first kappa shape index (κ1) is 12.3. The molecule has 0 spiro atoms. The van der Waals surface area contributed by atoms with Crippen LogP contribution in [-0.2, 0) is 4.74 Å². The summed E-state index contributed by atoms with van der Waals surface area (Å²) in [4.78, 5) is 2.68. The van der Waals surface area contributed by atoms with Crippen molar-refractivity contribution in [1.29, 1.82) is 0 Å². The van der Waals surface area contributed by atoms with Gasteiger partial charge >= 0.3 is 0 Å². The third-order valence-electron chi connectivity index (χ3n) is 4.25. The number of nitrogens with zero attached hydrogens (tertiary/aromatic N) is 1. The summed E-state index contributed by atoms with van der Waals surface area (Å²) in [5.74, 6) is 0.738. The van der Waals surface area contributed by atoms with Crippen molar-refractivity contribution in [2.24, 2.45) is 5.92 Å². The highest BCUT2D eigenvalue weighted by atomic mass is 16.5. The second kappa shape index (κ2) is 5.48. The largest absolute Gasteiger partial charge is 0.381 e. The van der Waals surface area contributed by atoms with Crippen LogP contribution in [-0.4, -0.2) is 49.8 Å². The van der Waals surface area contributed by atoms with E-state index in [-0.39, 0.29) is 0 Å². The second-order valence-corrected chi connectivity index (χ2v) is 5.62. The molecule has 0 aromatic rings. The van der Waals surface area contributed by atoms with E-state index in [2.05, 4.69) is 24.1 Å². The summed E-state index contributed by atoms with van der Waals surface area (Å²) in [5.41, 5.74) is 0. The van der Waals surface area contributed by atoms with Crippen molar-refractivity contribution < 1.29 is 4.74 Å². The van der Waals surface area contributed by atoms with Gasteiger partial charge in [-0.3, -0.25) is 4.90 Å². The van der Waals surface area contributed by atoms with Crippen LogP contribution >= 0.6 is 0 Å². The summed E-state index contributed by atoms with van der Waals surface area (Å²) >= 11 is 0. The SMILES string of the molecule is COC1CCC(N2CCNC(C(C)C)C2)C1. The van der Waals surface area contributed by atoms with E-state index in [1.807, 2.05) is 7.11 Å². The van der Waals surface area contributed by atoms with Gasteiger partial charge in [0.2, 0.25) is 0 Å². The van der Waals surface area contributed by atoms with Crippen LogP contribution in [0, 0.1) is 5.92 Å². The van der Waals surface area contributed by atoms with E-state index < -0.39 is 0 Å². The van der Waals surface area contributed by atoms with Gasteiger partial charge in [-0.2, -0.15) is 0 Å². The lowest BCUT2D eigenvalue weighted by Gasteiger charge is -2.39. The van der Waals surface area contributed by atoms with E-state index >= 15 is 0 Å². The molecule has 0 aromatic heterocycles. The Morgan fingerprint density at radius 2 is 2.12 bits per heavy atom. The van der Waals surface area contributed by atoms with Crippen LogP contribution < -0.4 is 5.32 Å². The number of nitrogens with one attached hydrogen (secondary N) is 1. The van der Waals surface area contributed by atoms with Crippen LogP contribution in [0.25, 0.3) is 0 Å².